The van der Waals surface area contributed by atoms with Crippen LogP contribution in [0.15, 0.2) is 5.16 Å². The van der Waals surface area contributed by atoms with E-state index < -0.39 is 0 Å². The van der Waals surface area contributed by atoms with E-state index in [1.807, 2.05) is 0 Å². The fourth-order valence-electron chi connectivity index (χ4n) is 0.298. The molecule has 0 rings (SSSR count). The molecule has 0 heterocycles. The highest BCUT2D eigenvalue weighted by Gasteiger charge is 1.75. The summed E-state index contributed by atoms with van der Waals surface area (Å²) in [6.07, 6.45) is 2.48. The second-order valence-corrected chi connectivity index (χ2v) is 1.25. The molecule has 0 bridgehead atoms. The number of hydrogen-bond donors (Lipinski definition) is 0. The lowest BCUT2D eigenvalue weighted by atomic mass is 10.5. The van der Waals surface area contributed by atoms with Crippen molar-refractivity contribution >= 4 is 6.21 Å². The summed E-state index contributed by atoms with van der Waals surface area (Å²) in [5, 5.41) is 3.50. The molecule has 0 radical (unpaired) electrons. The molecule has 0 unspecified atom stereocenters. The lowest BCUT2D eigenvalue weighted by Gasteiger charge is -1.88. The van der Waals surface area contributed by atoms with E-state index in [2.05, 4.69) is 9.99 Å². The van der Waals surface area contributed by atoms with Gasteiger partial charge in [-0.05, 0) is 0 Å². The maximum atomic E-state index is 4.74. The number of nitrogens with zero attached hydrogens (tertiary/aromatic N) is 1. The monoisotopic (exact) mass is 117 g/mol. The molecule has 0 aromatic rings. The third-order valence-corrected chi connectivity index (χ3v) is 0.631. The van der Waals surface area contributed by atoms with Crippen molar-refractivity contribution in [2.24, 2.45) is 5.16 Å². The molecule has 0 spiro atoms. The lowest BCUT2D eigenvalue weighted by molar-refractivity contribution is 0.200. The molecule has 0 saturated heterocycles. The van der Waals surface area contributed by atoms with Gasteiger partial charge in [-0.2, -0.15) is 0 Å². The zero-order chi connectivity index (χ0) is 6.24. The summed E-state index contributed by atoms with van der Waals surface area (Å²) in [6.45, 7) is 0.701. The highest BCUT2D eigenvalue weighted by Crippen LogP contribution is 1.74. The van der Waals surface area contributed by atoms with Crippen molar-refractivity contribution < 1.29 is 9.57 Å². The van der Waals surface area contributed by atoms with E-state index in [0.29, 0.717) is 6.61 Å². The topological polar surface area (TPSA) is 30.8 Å². The molecule has 3 heteroatoms. The molecule has 0 fully saturated rings. The van der Waals surface area contributed by atoms with Crippen molar-refractivity contribution in [3.63, 3.8) is 0 Å². The summed E-state index contributed by atoms with van der Waals surface area (Å²) in [5.74, 6) is 0. The number of ether oxygens (including phenoxy) is 1. The van der Waals surface area contributed by atoms with Gasteiger partial charge in [0.15, 0.2) is 0 Å². The van der Waals surface area contributed by atoms with E-state index in [4.69, 9.17) is 4.74 Å². The largest absolute Gasteiger partial charge is 0.399 e. The molecule has 0 saturated carbocycles. The van der Waals surface area contributed by atoms with Crippen molar-refractivity contribution in [2.45, 2.75) is 6.42 Å². The Morgan fingerprint density at radius 2 is 2.25 bits per heavy atom. The van der Waals surface area contributed by atoms with Crippen LogP contribution in [0, 0.1) is 0 Å². The highest BCUT2D eigenvalue weighted by atomic mass is 16.6. The Morgan fingerprint density at radius 3 is 2.75 bits per heavy atom. The van der Waals surface area contributed by atoms with Crippen LogP contribution in [0.1, 0.15) is 6.42 Å². The Morgan fingerprint density at radius 1 is 1.50 bits per heavy atom. The zero-order valence-corrected chi connectivity index (χ0v) is 5.26. The van der Waals surface area contributed by atoms with Crippen molar-refractivity contribution in [3.8, 4) is 0 Å². The summed E-state index contributed by atoms with van der Waals surface area (Å²) >= 11 is 0. The van der Waals surface area contributed by atoms with Crippen LogP contribution in [0.5, 0.6) is 0 Å². The third kappa shape index (κ3) is 5.43. The average Bonchev–Trinajstić information content (AvgIpc) is 1.81. The normalized spacial score (nSPS) is 10.2. The number of hydrogen-bond acceptors (Lipinski definition) is 3. The van der Waals surface area contributed by atoms with E-state index in [0.717, 1.165) is 6.42 Å². The van der Waals surface area contributed by atoms with Crippen molar-refractivity contribution in [2.75, 3.05) is 20.8 Å². The smallest absolute Gasteiger partial charge is 0.106 e. The molecular weight excluding hydrogens is 106 g/mol. The van der Waals surface area contributed by atoms with Crippen molar-refractivity contribution in [1.82, 2.24) is 0 Å². The maximum absolute atomic E-state index is 4.74. The molecule has 0 aromatic heterocycles. The Labute approximate surface area is 49.3 Å². The van der Waals surface area contributed by atoms with Gasteiger partial charge in [-0.3, -0.25) is 0 Å². The van der Waals surface area contributed by atoms with Crippen LogP contribution >= 0.6 is 0 Å². The second-order valence-electron chi connectivity index (χ2n) is 1.25. The Kier molecular flexibility index (Phi) is 5.97. The van der Waals surface area contributed by atoms with Gasteiger partial charge in [0.25, 0.3) is 0 Å². The fraction of sp³-hybridized carbons (Fsp3) is 0.800. The SMILES string of the molecule is COCC/C=N/OC. The minimum Gasteiger partial charge on any atom is -0.399 e. The fourth-order valence-corrected chi connectivity index (χ4v) is 0.298. The van der Waals surface area contributed by atoms with Gasteiger partial charge in [0, 0.05) is 19.7 Å². The van der Waals surface area contributed by atoms with Crippen LogP contribution in [0.3, 0.4) is 0 Å². The number of oxime groups is 1. The molecule has 0 aromatic carbocycles. The van der Waals surface area contributed by atoms with Crippen LogP contribution in [-0.4, -0.2) is 27.0 Å². The van der Waals surface area contributed by atoms with Crippen molar-refractivity contribution in [3.05, 3.63) is 0 Å². The third-order valence-electron chi connectivity index (χ3n) is 0.631. The van der Waals surface area contributed by atoms with E-state index in [1.54, 1.807) is 13.3 Å². The van der Waals surface area contributed by atoms with Gasteiger partial charge in [0.2, 0.25) is 0 Å². The Balaban J connectivity index is 2.80. The number of methoxy groups -OCH3 is 1. The van der Waals surface area contributed by atoms with E-state index in [1.165, 1.54) is 7.11 Å². The lowest BCUT2D eigenvalue weighted by Crippen LogP contribution is -1.88. The summed E-state index contributed by atoms with van der Waals surface area (Å²) < 4.78 is 4.74. The highest BCUT2D eigenvalue weighted by molar-refractivity contribution is 5.56. The predicted molar refractivity (Wildman–Crippen MR) is 32.0 cm³/mol. The summed E-state index contributed by atoms with van der Waals surface area (Å²) in [7, 11) is 3.17. The molecule has 3 nitrogen and oxygen atoms in total. The quantitative estimate of drug-likeness (QED) is 0.307. The van der Waals surface area contributed by atoms with Crippen LogP contribution in [0.25, 0.3) is 0 Å². The Hall–Kier alpha value is -0.570. The van der Waals surface area contributed by atoms with Gasteiger partial charge in [-0.15, -0.1) is 0 Å². The molecule has 48 valence electrons. The zero-order valence-electron chi connectivity index (χ0n) is 5.26. The van der Waals surface area contributed by atoms with Gasteiger partial charge >= 0.3 is 0 Å². The van der Waals surface area contributed by atoms with E-state index >= 15 is 0 Å². The summed E-state index contributed by atoms with van der Waals surface area (Å²) in [5.41, 5.74) is 0. The van der Waals surface area contributed by atoms with Crippen LogP contribution in [-0.2, 0) is 9.57 Å². The van der Waals surface area contributed by atoms with E-state index in [9.17, 15) is 0 Å². The molecule has 8 heavy (non-hydrogen) atoms. The molecule has 0 aliphatic carbocycles. The van der Waals surface area contributed by atoms with Crippen molar-refractivity contribution in [1.29, 1.82) is 0 Å². The summed E-state index contributed by atoms with van der Waals surface area (Å²) in [4.78, 5) is 4.40. The van der Waals surface area contributed by atoms with Gasteiger partial charge in [0.1, 0.15) is 7.11 Å². The second kappa shape index (κ2) is 6.43. The van der Waals surface area contributed by atoms with Gasteiger partial charge in [-0.1, -0.05) is 5.16 Å². The molecular formula is C5H11NO2. The summed E-state index contributed by atoms with van der Waals surface area (Å²) in [6, 6.07) is 0. The van der Waals surface area contributed by atoms with Crippen LogP contribution < -0.4 is 0 Å². The molecule has 0 amide bonds. The first-order chi connectivity index (χ1) is 3.91. The van der Waals surface area contributed by atoms with Gasteiger partial charge in [0.05, 0.1) is 6.61 Å². The standard InChI is InChI=1S/C5H11NO2/c1-7-5-3-4-6-8-2/h4H,3,5H2,1-2H3/b6-4+. The minimum atomic E-state index is 0.701. The molecule has 0 N–H and O–H groups in total. The predicted octanol–water partition coefficient (Wildman–Crippen LogP) is 0.655. The van der Waals surface area contributed by atoms with Crippen LogP contribution in [0.4, 0.5) is 0 Å². The molecule has 0 aliphatic heterocycles. The van der Waals surface area contributed by atoms with Gasteiger partial charge in [-0.25, -0.2) is 0 Å². The Bertz CT molecular complexity index is 63.4. The number of rotatable bonds is 4. The first-order valence-corrected chi connectivity index (χ1v) is 2.45. The molecule has 0 aliphatic rings. The molecule has 0 atom stereocenters. The first kappa shape index (κ1) is 7.43. The van der Waals surface area contributed by atoms with Gasteiger partial charge < -0.3 is 9.57 Å². The maximum Gasteiger partial charge on any atom is 0.106 e. The first-order valence-electron chi connectivity index (χ1n) is 2.45. The minimum absolute atomic E-state index is 0.701. The van der Waals surface area contributed by atoms with E-state index in [-0.39, 0.29) is 0 Å². The average molecular weight is 117 g/mol. The van der Waals surface area contributed by atoms with Crippen LogP contribution in [0.2, 0.25) is 0 Å².